The minimum Gasteiger partial charge on any atom is -0.478 e. The number of rotatable bonds is 3. The van der Waals surface area contributed by atoms with Crippen molar-refractivity contribution in [1.29, 1.82) is 0 Å². The van der Waals surface area contributed by atoms with Crippen LogP contribution >= 0.6 is 11.8 Å². The van der Waals surface area contributed by atoms with E-state index in [0.29, 0.717) is 18.8 Å². The molecule has 0 unspecified atom stereocenters. The van der Waals surface area contributed by atoms with Crippen molar-refractivity contribution in [2.75, 3.05) is 12.0 Å². The third kappa shape index (κ3) is 2.44. The fourth-order valence-electron chi connectivity index (χ4n) is 1.92. The Bertz CT molecular complexity index is 473. The van der Waals surface area contributed by atoms with Gasteiger partial charge in [-0.05, 0) is 29.5 Å². The smallest absolute Gasteiger partial charge is 0.335 e. The molecule has 1 amide bonds. The summed E-state index contributed by atoms with van der Waals surface area (Å²) >= 11 is 1.50. The molecule has 0 atom stereocenters. The summed E-state index contributed by atoms with van der Waals surface area (Å²) in [6.07, 6.45) is 1.89. The molecule has 2 rings (SSSR count). The van der Waals surface area contributed by atoms with Gasteiger partial charge in [-0.15, -0.1) is 0 Å². The molecule has 1 aliphatic heterocycles. The Morgan fingerprint density at radius 1 is 1.35 bits per heavy atom. The Labute approximate surface area is 104 Å². The van der Waals surface area contributed by atoms with E-state index in [-0.39, 0.29) is 11.5 Å². The van der Waals surface area contributed by atoms with Crippen LogP contribution in [0.3, 0.4) is 0 Å². The zero-order valence-electron chi connectivity index (χ0n) is 9.47. The molecule has 1 aromatic rings. The fourth-order valence-corrected chi connectivity index (χ4v) is 2.35. The zero-order valence-corrected chi connectivity index (χ0v) is 10.3. The highest BCUT2D eigenvalue weighted by molar-refractivity contribution is 7.99. The molecule has 0 aromatic heterocycles. The summed E-state index contributed by atoms with van der Waals surface area (Å²) in [5, 5.41) is 8.89. The third-order valence-corrected chi connectivity index (χ3v) is 3.33. The standard InChI is InChI=1S/C12H13NO3S/c1-17-7-11(14)13-5-9-3-2-8(12(15)16)4-10(9)6-13/h2-4H,5-7H2,1H3,(H,15,16). The van der Waals surface area contributed by atoms with Crippen LogP contribution in [0.2, 0.25) is 0 Å². The molecule has 0 saturated heterocycles. The number of aromatic carboxylic acids is 1. The third-order valence-electron chi connectivity index (χ3n) is 2.80. The number of nitrogens with zero attached hydrogens (tertiary/aromatic N) is 1. The number of carboxylic acid groups (broad SMARTS) is 1. The highest BCUT2D eigenvalue weighted by Crippen LogP contribution is 2.24. The molecule has 0 aliphatic carbocycles. The van der Waals surface area contributed by atoms with E-state index in [0.717, 1.165) is 11.1 Å². The van der Waals surface area contributed by atoms with Crippen molar-refractivity contribution in [2.24, 2.45) is 0 Å². The molecule has 1 N–H and O–H groups in total. The summed E-state index contributed by atoms with van der Waals surface area (Å²) < 4.78 is 0. The van der Waals surface area contributed by atoms with E-state index < -0.39 is 5.97 Å². The van der Waals surface area contributed by atoms with Crippen LogP contribution in [0.5, 0.6) is 0 Å². The van der Waals surface area contributed by atoms with Crippen LogP contribution in [0.25, 0.3) is 0 Å². The molecular weight excluding hydrogens is 238 g/mol. The number of amides is 1. The average molecular weight is 251 g/mol. The van der Waals surface area contributed by atoms with Crippen molar-refractivity contribution < 1.29 is 14.7 Å². The lowest BCUT2D eigenvalue weighted by Gasteiger charge is -2.14. The molecule has 0 fully saturated rings. The van der Waals surface area contributed by atoms with Crippen LogP contribution in [0.15, 0.2) is 18.2 Å². The number of fused-ring (bicyclic) bond motifs is 1. The Hall–Kier alpha value is -1.49. The molecule has 90 valence electrons. The van der Waals surface area contributed by atoms with E-state index in [4.69, 9.17) is 5.11 Å². The van der Waals surface area contributed by atoms with Gasteiger partial charge in [-0.2, -0.15) is 11.8 Å². The Balaban J connectivity index is 2.16. The minimum absolute atomic E-state index is 0.102. The second-order valence-electron chi connectivity index (χ2n) is 3.97. The van der Waals surface area contributed by atoms with E-state index in [9.17, 15) is 9.59 Å². The Kier molecular flexibility index (Phi) is 3.38. The van der Waals surface area contributed by atoms with Crippen molar-refractivity contribution in [3.05, 3.63) is 34.9 Å². The van der Waals surface area contributed by atoms with Crippen LogP contribution < -0.4 is 0 Å². The summed E-state index contributed by atoms with van der Waals surface area (Å²) in [4.78, 5) is 24.3. The van der Waals surface area contributed by atoms with Crippen molar-refractivity contribution in [1.82, 2.24) is 4.90 Å². The number of benzene rings is 1. The van der Waals surface area contributed by atoms with E-state index in [1.54, 1.807) is 23.1 Å². The van der Waals surface area contributed by atoms with E-state index in [1.807, 2.05) is 6.26 Å². The van der Waals surface area contributed by atoms with Gasteiger partial charge in [0.05, 0.1) is 11.3 Å². The maximum absolute atomic E-state index is 11.7. The minimum atomic E-state index is -0.929. The van der Waals surface area contributed by atoms with Crippen molar-refractivity contribution >= 4 is 23.6 Å². The van der Waals surface area contributed by atoms with Crippen molar-refractivity contribution in [2.45, 2.75) is 13.1 Å². The van der Waals surface area contributed by atoms with Gasteiger partial charge in [-0.1, -0.05) is 6.07 Å². The van der Waals surface area contributed by atoms with E-state index in [2.05, 4.69) is 0 Å². The molecule has 0 saturated carbocycles. The first kappa shape index (κ1) is 12.0. The highest BCUT2D eigenvalue weighted by atomic mass is 32.2. The van der Waals surface area contributed by atoms with Crippen LogP contribution in [-0.4, -0.2) is 33.9 Å². The number of carbonyl (C=O) groups excluding carboxylic acids is 1. The molecule has 1 heterocycles. The molecule has 0 spiro atoms. The van der Waals surface area contributed by atoms with Gasteiger partial charge < -0.3 is 10.0 Å². The topological polar surface area (TPSA) is 57.6 Å². The van der Waals surface area contributed by atoms with Gasteiger partial charge in [0.2, 0.25) is 5.91 Å². The maximum atomic E-state index is 11.7. The van der Waals surface area contributed by atoms with Crippen molar-refractivity contribution in [3.63, 3.8) is 0 Å². The van der Waals surface area contributed by atoms with Gasteiger partial charge in [-0.3, -0.25) is 4.79 Å². The van der Waals surface area contributed by atoms with Gasteiger partial charge in [-0.25, -0.2) is 4.79 Å². The first-order valence-electron chi connectivity index (χ1n) is 5.23. The largest absolute Gasteiger partial charge is 0.478 e. The quantitative estimate of drug-likeness (QED) is 0.886. The van der Waals surface area contributed by atoms with Gasteiger partial charge in [0.15, 0.2) is 0 Å². The summed E-state index contributed by atoms with van der Waals surface area (Å²) in [6, 6.07) is 5.04. The second-order valence-corrected chi connectivity index (χ2v) is 4.84. The zero-order chi connectivity index (χ0) is 12.4. The molecule has 0 bridgehead atoms. The van der Waals surface area contributed by atoms with Crippen molar-refractivity contribution in [3.8, 4) is 0 Å². The first-order chi connectivity index (χ1) is 8.11. The highest BCUT2D eigenvalue weighted by Gasteiger charge is 2.23. The fraction of sp³-hybridized carbons (Fsp3) is 0.333. The lowest BCUT2D eigenvalue weighted by atomic mass is 10.1. The molecule has 4 nitrogen and oxygen atoms in total. The molecule has 1 aliphatic rings. The van der Waals surface area contributed by atoms with Gasteiger partial charge >= 0.3 is 5.97 Å². The predicted octanol–water partition coefficient (Wildman–Crippen LogP) is 1.59. The molecule has 17 heavy (non-hydrogen) atoms. The molecule has 1 aromatic carbocycles. The molecule has 0 radical (unpaired) electrons. The first-order valence-corrected chi connectivity index (χ1v) is 6.63. The Morgan fingerprint density at radius 3 is 2.71 bits per heavy atom. The van der Waals surface area contributed by atoms with Crippen LogP contribution in [-0.2, 0) is 17.9 Å². The number of carbonyl (C=O) groups is 2. The second kappa shape index (κ2) is 4.79. The van der Waals surface area contributed by atoms with E-state index >= 15 is 0 Å². The summed E-state index contributed by atoms with van der Waals surface area (Å²) in [5.74, 6) is -0.355. The monoisotopic (exact) mass is 251 g/mol. The van der Waals surface area contributed by atoms with Crippen LogP contribution in [0.4, 0.5) is 0 Å². The number of hydrogen-bond donors (Lipinski definition) is 1. The van der Waals surface area contributed by atoms with Gasteiger partial charge in [0, 0.05) is 13.1 Å². The van der Waals surface area contributed by atoms with Crippen LogP contribution in [0.1, 0.15) is 21.5 Å². The summed E-state index contributed by atoms with van der Waals surface area (Å²) in [7, 11) is 0. The average Bonchev–Trinajstić information content (AvgIpc) is 2.71. The summed E-state index contributed by atoms with van der Waals surface area (Å²) in [6.45, 7) is 1.12. The number of carboxylic acids is 1. The summed E-state index contributed by atoms with van der Waals surface area (Å²) in [5.41, 5.74) is 2.27. The molecule has 5 heteroatoms. The lowest BCUT2D eigenvalue weighted by molar-refractivity contribution is -0.128. The number of hydrogen-bond acceptors (Lipinski definition) is 3. The molecular formula is C12H13NO3S. The number of thioether (sulfide) groups is 1. The van der Waals surface area contributed by atoms with Gasteiger partial charge in [0.25, 0.3) is 0 Å². The normalized spacial score (nSPS) is 13.6. The van der Waals surface area contributed by atoms with E-state index in [1.165, 1.54) is 11.8 Å². The maximum Gasteiger partial charge on any atom is 0.335 e. The Morgan fingerprint density at radius 2 is 2.06 bits per heavy atom. The predicted molar refractivity (Wildman–Crippen MR) is 66.0 cm³/mol. The van der Waals surface area contributed by atoms with Crippen LogP contribution in [0, 0.1) is 0 Å². The lowest BCUT2D eigenvalue weighted by Crippen LogP contribution is -2.26. The van der Waals surface area contributed by atoms with Gasteiger partial charge in [0.1, 0.15) is 0 Å². The SMILES string of the molecule is CSCC(=O)N1Cc2ccc(C(=O)O)cc2C1.